The second-order valence-electron chi connectivity index (χ2n) is 6.57. The zero-order valence-corrected chi connectivity index (χ0v) is 17.7. The molecule has 0 aliphatic heterocycles. The zero-order valence-electron chi connectivity index (χ0n) is 17.7. The van der Waals surface area contributed by atoms with Gasteiger partial charge in [0.1, 0.15) is 28.6 Å². The maximum atomic E-state index is 12.3. The van der Waals surface area contributed by atoms with E-state index in [0.29, 0.717) is 11.3 Å². The number of ketones is 1. The normalized spacial score (nSPS) is 10.2. The van der Waals surface area contributed by atoms with Gasteiger partial charge in [-0.25, -0.2) is 0 Å². The Hall–Kier alpha value is -4.26. The van der Waals surface area contributed by atoms with Gasteiger partial charge in [-0.15, -0.1) is 0 Å². The van der Waals surface area contributed by atoms with E-state index in [9.17, 15) is 14.7 Å². The molecule has 166 valence electrons. The fourth-order valence-electron chi connectivity index (χ4n) is 2.71. The van der Waals surface area contributed by atoms with Gasteiger partial charge < -0.3 is 24.8 Å². The predicted octanol–water partition coefficient (Wildman–Crippen LogP) is 4.32. The van der Waals surface area contributed by atoms with Crippen LogP contribution in [0.25, 0.3) is 6.08 Å². The molecule has 0 bridgehead atoms. The molecular formula is C25H24O7. The summed E-state index contributed by atoms with van der Waals surface area (Å²) < 4.78 is 10.2. The van der Waals surface area contributed by atoms with Gasteiger partial charge in [0.2, 0.25) is 0 Å². The van der Waals surface area contributed by atoms with Crippen LogP contribution in [-0.2, 0) is 11.2 Å². The van der Waals surface area contributed by atoms with Gasteiger partial charge in [-0.1, -0.05) is 48.5 Å². The summed E-state index contributed by atoms with van der Waals surface area (Å²) in [5, 5.41) is 27.2. The third kappa shape index (κ3) is 7.21. The number of allylic oxidation sites excluding steroid dienone is 1. The number of methoxy groups -OCH3 is 2. The molecule has 0 aliphatic carbocycles. The number of carbonyl (C=O) groups excluding carboxylic acids is 1. The fraction of sp³-hybridized carbons (Fsp3) is 0.120. The van der Waals surface area contributed by atoms with Crippen LogP contribution in [-0.4, -0.2) is 41.3 Å². The van der Waals surface area contributed by atoms with Crippen LogP contribution in [0.3, 0.4) is 0 Å². The van der Waals surface area contributed by atoms with Crippen LogP contribution in [0, 0.1) is 0 Å². The summed E-state index contributed by atoms with van der Waals surface area (Å²) in [6.07, 6.45) is 3.09. The first-order valence-corrected chi connectivity index (χ1v) is 9.56. The van der Waals surface area contributed by atoms with Gasteiger partial charge in [-0.05, 0) is 29.3 Å². The van der Waals surface area contributed by atoms with Crippen molar-refractivity contribution in [3.8, 4) is 23.0 Å². The number of benzene rings is 3. The molecule has 3 aromatic carbocycles. The van der Waals surface area contributed by atoms with E-state index in [4.69, 9.17) is 19.7 Å². The van der Waals surface area contributed by atoms with E-state index in [0.717, 1.165) is 5.56 Å². The van der Waals surface area contributed by atoms with Crippen molar-refractivity contribution >= 4 is 17.8 Å². The smallest absolute Gasteiger partial charge is 0.307 e. The van der Waals surface area contributed by atoms with Crippen LogP contribution in [0.1, 0.15) is 21.5 Å². The fourth-order valence-corrected chi connectivity index (χ4v) is 2.71. The number of phenolic OH excluding ortho intramolecular Hbond substituents is 2. The first-order valence-electron chi connectivity index (χ1n) is 9.56. The summed E-state index contributed by atoms with van der Waals surface area (Å²) in [5.41, 5.74) is 1.71. The number of aromatic hydroxyl groups is 2. The minimum absolute atomic E-state index is 0.000278. The number of carboxylic acid groups (broad SMARTS) is 1. The van der Waals surface area contributed by atoms with Crippen molar-refractivity contribution in [1.82, 2.24) is 0 Å². The van der Waals surface area contributed by atoms with E-state index in [1.165, 1.54) is 38.5 Å². The van der Waals surface area contributed by atoms with Gasteiger partial charge in [0.25, 0.3) is 0 Å². The number of rotatable bonds is 7. The highest BCUT2D eigenvalue weighted by molar-refractivity contribution is 6.10. The van der Waals surface area contributed by atoms with Gasteiger partial charge >= 0.3 is 5.97 Å². The van der Waals surface area contributed by atoms with Gasteiger partial charge in [-0.3, -0.25) is 9.59 Å². The largest absolute Gasteiger partial charge is 0.508 e. The molecule has 0 heterocycles. The van der Waals surface area contributed by atoms with Gasteiger partial charge in [0, 0.05) is 12.1 Å². The number of phenols is 2. The summed E-state index contributed by atoms with van der Waals surface area (Å²) in [6, 6.07) is 18.5. The molecule has 0 aromatic heterocycles. The molecule has 0 aliphatic rings. The monoisotopic (exact) mass is 436 g/mol. The van der Waals surface area contributed by atoms with E-state index < -0.39 is 5.97 Å². The quantitative estimate of drug-likeness (QED) is 0.373. The van der Waals surface area contributed by atoms with Gasteiger partial charge in [0.05, 0.1) is 20.6 Å². The lowest BCUT2D eigenvalue weighted by molar-refractivity contribution is -0.136. The lowest BCUT2D eigenvalue weighted by atomic mass is 10.1. The van der Waals surface area contributed by atoms with E-state index in [-0.39, 0.29) is 35.0 Å². The van der Waals surface area contributed by atoms with Crippen LogP contribution in [0.5, 0.6) is 23.0 Å². The molecule has 0 amide bonds. The summed E-state index contributed by atoms with van der Waals surface area (Å²) in [7, 11) is 2.91. The molecule has 0 fully saturated rings. The SMILES string of the molecule is COc1cc(O)c(C(=O)C=Cc2ccccc2)c(OC)c1.O=C(O)Cc1ccc(O)cc1. The van der Waals surface area contributed by atoms with Crippen molar-refractivity contribution in [3.05, 3.63) is 89.5 Å². The third-order valence-corrected chi connectivity index (χ3v) is 4.28. The zero-order chi connectivity index (χ0) is 23.5. The van der Waals surface area contributed by atoms with E-state index in [1.54, 1.807) is 24.3 Å². The highest BCUT2D eigenvalue weighted by atomic mass is 16.5. The van der Waals surface area contributed by atoms with Crippen LogP contribution in [0.2, 0.25) is 0 Å². The van der Waals surface area contributed by atoms with Crippen molar-refractivity contribution in [2.45, 2.75) is 6.42 Å². The number of carbonyl (C=O) groups is 2. The molecule has 3 rings (SSSR count). The Bertz CT molecular complexity index is 1070. The number of ether oxygens (including phenoxy) is 2. The average molecular weight is 436 g/mol. The Kier molecular flexibility index (Phi) is 8.86. The van der Waals surface area contributed by atoms with Crippen LogP contribution >= 0.6 is 0 Å². The number of hydrogen-bond donors (Lipinski definition) is 3. The van der Waals surface area contributed by atoms with Crippen LogP contribution in [0.15, 0.2) is 72.8 Å². The van der Waals surface area contributed by atoms with Crippen molar-refractivity contribution in [1.29, 1.82) is 0 Å². The Morgan fingerprint density at radius 2 is 1.56 bits per heavy atom. The third-order valence-electron chi connectivity index (χ3n) is 4.28. The minimum atomic E-state index is -0.865. The molecule has 0 unspecified atom stereocenters. The Labute approximate surface area is 185 Å². The molecule has 7 nitrogen and oxygen atoms in total. The molecule has 0 saturated heterocycles. The lowest BCUT2D eigenvalue weighted by Crippen LogP contribution is -2.00. The van der Waals surface area contributed by atoms with Gasteiger partial charge in [0.15, 0.2) is 5.78 Å². The molecule has 7 heteroatoms. The molecular weight excluding hydrogens is 412 g/mol. The maximum Gasteiger partial charge on any atom is 0.307 e. The molecule has 0 spiro atoms. The van der Waals surface area contributed by atoms with Crippen LogP contribution in [0.4, 0.5) is 0 Å². The van der Waals surface area contributed by atoms with E-state index >= 15 is 0 Å². The predicted molar refractivity (Wildman–Crippen MR) is 120 cm³/mol. The summed E-state index contributed by atoms with van der Waals surface area (Å²) in [6.45, 7) is 0. The summed E-state index contributed by atoms with van der Waals surface area (Å²) >= 11 is 0. The van der Waals surface area contributed by atoms with Gasteiger partial charge in [-0.2, -0.15) is 0 Å². The molecule has 0 radical (unpaired) electrons. The lowest BCUT2D eigenvalue weighted by Gasteiger charge is -2.10. The molecule has 3 aromatic rings. The minimum Gasteiger partial charge on any atom is -0.508 e. The second-order valence-corrected chi connectivity index (χ2v) is 6.57. The van der Waals surface area contributed by atoms with Crippen molar-refractivity contribution in [2.24, 2.45) is 0 Å². The number of hydrogen-bond acceptors (Lipinski definition) is 6. The standard InChI is InChI=1S/C17H16O4.C8H8O3/c1-20-13-10-15(19)17(16(11-13)21-2)14(18)9-8-12-6-4-3-5-7-12;9-7-3-1-6(2-4-7)5-8(10)11/h3-11,19H,1-2H3;1-4,9H,5H2,(H,10,11). The van der Waals surface area contributed by atoms with Crippen LogP contribution < -0.4 is 9.47 Å². The Morgan fingerprint density at radius 1 is 0.906 bits per heavy atom. The highest BCUT2D eigenvalue weighted by Gasteiger charge is 2.17. The molecule has 0 atom stereocenters. The van der Waals surface area contributed by atoms with E-state index in [2.05, 4.69) is 0 Å². The first-order chi connectivity index (χ1) is 15.3. The number of aliphatic carboxylic acids is 1. The van der Waals surface area contributed by atoms with Crippen molar-refractivity contribution < 1.29 is 34.4 Å². The second kappa shape index (κ2) is 11.8. The average Bonchev–Trinajstić information content (AvgIpc) is 2.79. The van der Waals surface area contributed by atoms with E-state index in [1.807, 2.05) is 30.3 Å². The summed E-state index contributed by atoms with van der Waals surface area (Å²) in [5.74, 6) is -0.526. The first kappa shape index (κ1) is 24.0. The number of carboxylic acids is 1. The summed E-state index contributed by atoms with van der Waals surface area (Å²) in [4.78, 5) is 22.4. The topological polar surface area (TPSA) is 113 Å². The molecule has 32 heavy (non-hydrogen) atoms. The molecule has 3 N–H and O–H groups in total. The maximum absolute atomic E-state index is 12.3. The Balaban J connectivity index is 0.000000278. The van der Waals surface area contributed by atoms with Crippen molar-refractivity contribution in [3.63, 3.8) is 0 Å². The van der Waals surface area contributed by atoms with Crippen molar-refractivity contribution in [2.75, 3.05) is 14.2 Å². The highest BCUT2D eigenvalue weighted by Crippen LogP contribution is 2.33. The Morgan fingerprint density at radius 3 is 2.12 bits per heavy atom. The molecule has 0 saturated carbocycles.